The SMILES string of the molecule is CCS(=O)(=O)Cc1ncc(N)n1C(C)C. The fraction of sp³-hybridized carbons (Fsp3) is 0.667. The van der Waals surface area contributed by atoms with Crippen molar-refractivity contribution in [3.05, 3.63) is 12.0 Å². The molecule has 0 aliphatic carbocycles. The smallest absolute Gasteiger partial charge is 0.157 e. The van der Waals surface area contributed by atoms with Crippen molar-refractivity contribution in [2.75, 3.05) is 11.5 Å². The molecule has 0 unspecified atom stereocenters. The van der Waals surface area contributed by atoms with Crippen molar-refractivity contribution in [2.45, 2.75) is 32.6 Å². The van der Waals surface area contributed by atoms with E-state index >= 15 is 0 Å². The third kappa shape index (κ3) is 2.71. The third-order valence-corrected chi connectivity index (χ3v) is 3.79. The number of rotatable bonds is 4. The summed E-state index contributed by atoms with van der Waals surface area (Å²) in [5.41, 5.74) is 5.71. The second-order valence-corrected chi connectivity index (χ2v) is 6.09. The molecule has 0 saturated heterocycles. The van der Waals surface area contributed by atoms with Crippen LogP contribution in [0.5, 0.6) is 0 Å². The average Bonchev–Trinajstić information content (AvgIpc) is 2.46. The molecule has 0 atom stereocenters. The monoisotopic (exact) mass is 231 g/mol. The summed E-state index contributed by atoms with van der Waals surface area (Å²) in [4.78, 5) is 4.03. The molecule has 1 aromatic rings. The zero-order chi connectivity index (χ0) is 11.6. The molecule has 0 spiro atoms. The summed E-state index contributed by atoms with van der Waals surface area (Å²) in [6, 6.07) is 0.120. The zero-order valence-electron chi connectivity index (χ0n) is 9.27. The molecule has 0 radical (unpaired) electrons. The summed E-state index contributed by atoms with van der Waals surface area (Å²) in [7, 11) is -3.05. The van der Waals surface area contributed by atoms with Crippen molar-refractivity contribution in [1.82, 2.24) is 9.55 Å². The lowest BCUT2D eigenvalue weighted by molar-refractivity contribution is 0.571. The number of hydrogen-bond donors (Lipinski definition) is 1. The van der Waals surface area contributed by atoms with Gasteiger partial charge in [-0.05, 0) is 13.8 Å². The van der Waals surface area contributed by atoms with Gasteiger partial charge >= 0.3 is 0 Å². The van der Waals surface area contributed by atoms with E-state index in [1.807, 2.05) is 13.8 Å². The molecular formula is C9H17N3O2S. The number of imidazole rings is 1. The maximum Gasteiger partial charge on any atom is 0.157 e. The molecule has 1 heterocycles. The van der Waals surface area contributed by atoms with Gasteiger partial charge in [0.15, 0.2) is 9.84 Å². The van der Waals surface area contributed by atoms with Gasteiger partial charge in [-0.1, -0.05) is 6.92 Å². The molecule has 0 amide bonds. The molecule has 6 heteroatoms. The van der Waals surface area contributed by atoms with Crippen LogP contribution in [0.25, 0.3) is 0 Å². The summed E-state index contributed by atoms with van der Waals surface area (Å²) < 4.78 is 24.7. The minimum Gasteiger partial charge on any atom is -0.384 e. The standard InChI is InChI=1S/C9H17N3O2S/c1-4-15(13,14)6-9-11-5-8(10)12(9)7(2)3/h5,7H,4,6,10H2,1-3H3. The average molecular weight is 231 g/mol. The van der Waals surface area contributed by atoms with Crippen LogP contribution in [0.15, 0.2) is 6.20 Å². The number of nitrogens with two attached hydrogens (primary N) is 1. The molecule has 2 N–H and O–H groups in total. The van der Waals surface area contributed by atoms with Crippen molar-refractivity contribution in [3.63, 3.8) is 0 Å². The van der Waals surface area contributed by atoms with E-state index in [-0.39, 0.29) is 17.5 Å². The first kappa shape index (κ1) is 12.0. The first-order valence-electron chi connectivity index (χ1n) is 4.89. The Labute approximate surface area is 90.2 Å². The predicted octanol–water partition coefficient (Wildman–Crippen LogP) is 0.981. The largest absolute Gasteiger partial charge is 0.384 e. The van der Waals surface area contributed by atoms with E-state index in [0.29, 0.717) is 11.6 Å². The van der Waals surface area contributed by atoms with Gasteiger partial charge in [0.25, 0.3) is 0 Å². The maximum absolute atomic E-state index is 11.5. The fourth-order valence-electron chi connectivity index (χ4n) is 1.42. The van der Waals surface area contributed by atoms with Gasteiger partial charge in [0.1, 0.15) is 17.4 Å². The van der Waals surface area contributed by atoms with E-state index in [1.54, 1.807) is 11.5 Å². The van der Waals surface area contributed by atoms with Crippen molar-refractivity contribution in [2.24, 2.45) is 0 Å². The van der Waals surface area contributed by atoms with Crippen LogP contribution < -0.4 is 5.73 Å². The van der Waals surface area contributed by atoms with Crippen LogP contribution in [0, 0.1) is 0 Å². The molecule has 0 aromatic carbocycles. The summed E-state index contributed by atoms with van der Waals surface area (Å²) in [5, 5.41) is 0. The lowest BCUT2D eigenvalue weighted by Crippen LogP contribution is -2.15. The lowest BCUT2D eigenvalue weighted by Gasteiger charge is -2.13. The molecule has 0 fully saturated rings. The van der Waals surface area contributed by atoms with Crippen molar-refractivity contribution in [1.29, 1.82) is 0 Å². The molecule has 86 valence electrons. The Bertz CT molecular complexity index is 434. The Morgan fingerprint density at radius 3 is 2.60 bits per heavy atom. The van der Waals surface area contributed by atoms with Gasteiger partial charge in [-0.2, -0.15) is 0 Å². The van der Waals surface area contributed by atoms with E-state index in [4.69, 9.17) is 5.73 Å². The fourth-order valence-corrected chi connectivity index (χ4v) is 2.23. The minimum absolute atomic E-state index is 0.0428. The van der Waals surface area contributed by atoms with E-state index in [0.717, 1.165) is 0 Å². The predicted molar refractivity (Wildman–Crippen MR) is 60.2 cm³/mol. The van der Waals surface area contributed by atoms with Crippen LogP contribution in [-0.4, -0.2) is 23.7 Å². The Morgan fingerprint density at radius 2 is 2.13 bits per heavy atom. The highest BCUT2D eigenvalue weighted by Gasteiger charge is 2.16. The van der Waals surface area contributed by atoms with Gasteiger partial charge in [0.05, 0.1) is 6.20 Å². The van der Waals surface area contributed by atoms with Gasteiger partial charge in [-0.3, -0.25) is 0 Å². The van der Waals surface area contributed by atoms with Crippen LogP contribution in [0.2, 0.25) is 0 Å². The van der Waals surface area contributed by atoms with Crippen molar-refractivity contribution < 1.29 is 8.42 Å². The molecule has 1 aromatic heterocycles. The van der Waals surface area contributed by atoms with E-state index in [9.17, 15) is 8.42 Å². The number of aromatic nitrogens is 2. The van der Waals surface area contributed by atoms with Gasteiger partial charge < -0.3 is 10.3 Å². The molecule has 15 heavy (non-hydrogen) atoms. The molecule has 5 nitrogen and oxygen atoms in total. The molecule has 1 rings (SSSR count). The van der Waals surface area contributed by atoms with Gasteiger partial charge in [-0.15, -0.1) is 0 Å². The van der Waals surface area contributed by atoms with Gasteiger partial charge in [0.2, 0.25) is 0 Å². The normalized spacial score (nSPS) is 12.3. The summed E-state index contributed by atoms with van der Waals surface area (Å²) in [6.07, 6.45) is 1.50. The Hall–Kier alpha value is -1.04. The topological polar surface area (TPSA) is 78.0 Å². The quantitative estimate of drug-likeness (QED) is 0.838. The highest BCUT2D eigenvalue weighted by Crippen LogP contribution is 2.17. The highest BCUT2D eigenvalue weighted by molar-refractivity contribution is 7.90. The second-order valence-electron chi connectivity index (χ2n) is 3.74. The van der Waals surface area contributed by atoms with Crippen LogP contribution in [0.4, 0.5) is 5.82 Å². The molecule has 0 saturated carbocycles. The van der Waals surface area contributed by atoms with E-state index in [2.05, 4.69) is 4.98 Å². The third-order valence-electron chi connectivity index (χ3n) is 2.21. The van der Waals surface area contributed by atoms with E-state index in [1.165, 1.54) is 6.20 Å². The number of anilines is 1. The van der Waals surface area contributed by atoms with Crippen LogP contribution in [0.3, 0.4) is 0 Å². The Balaban J connectivity index is 3.06. The Morgan fingerprint density at radius 1 is 1.53 bits per heavy atom. The number of nitrogens with zero attached hydrogens (tertiary/aromatic N) is 2. The highest BCUT2D eigenvalue weighted by atomic mass is 32.2. The van der Waals surface area contributed by atoms with E-state index < -0.39 is 9.84 Å². The van der Waals surface area contributed by atoms with Crippen molar-refractivity contribution >= 4 is 15.7 Å². The van der Waals surface area contributed by atoms with Crippen LogP contribution in [0.1, 0.15) is 32.6 Å². The number of hydrogen-bond acceptors (Lipinski definition) is 4. The maximum atomic E-state index is 11.5. The first-order chi connectivity index (χ1) is 6.87. The molecular weight excluding hydrogens is 214 g/mol. The first-order valence-corrected chi connectivity index (χ1v) is 6.71. The lowest BCUT2D eigenvalue weighted by atomic mass is 10.4. The van der Waals surface area contributed by atoms with Crippen LogP contribution in [-0.2, 0) is 15.6 Å². The zero-order valence-corrected chi connectivity index (χ0v) is 10.1. The number of nitrogen functional groups attached to an aromatic ring is 1. The van der Waals surface area contributed by atoms with Gasteiger partial charge in [-0.25, -0.2) is 13.4 Å². The van der Waals surface area contributed by atoms with Crippen LogP contribution >= 0.6 is 0 Å². The summed E-state index contributed by atoms with van der Waals surface area (Å²) in [6.45, 7) is 5.52. The molecule has 0 bridgehead atoms. The molecule has 0 aliphatic heterocycles. The molecule has 0 aliphatic rings. The summed E-state index contributed by atoms with van der Waals surface area (Å²) >= 11 is 0. The minimum atomic E-state index is -3.05. The number of sulfone groups is 1. The summed E-state index contributed by atoms with van der Waals surface area (Å²) in [5.74, 6) is 1.10. The van der Waals surface area contributed by atoms with Crippen molar-refractivity contribution in [3.8, 4) is 0 Å². The second kappa shape index (κ2) is 4.22. The van der Waals surface area contributed by atoms with Gasteiger partial charge in [0, 0.05) is 11.8 Å². The Kier molecular flexibility index (Phi) is 3.38.